The van der Waals surface area contributed by atoms with E-state index in [2.05, 4.69) is 50.1 Å². The molecule has 1 saturated heterocycles. The minimum Gasteiger partial charge on any atom is -0.443 e. The lowest BCUT2D eigenvalue weighted by molar-refractivity contribution is -0.0763. The Morgan fingerprint density at radius 1 is 0.897 bits per heavy atom. The number of anilines is 1. The molecule has 7 rings (SSSR count). The molecule has 0 aromatic heterocycles. The largest absolute Gasteiger partial charge is 0.443 e. The zero-order valence-electron chi connectivity index (χ0n) is 20.5. The Morgan fingerprint density at radius 2 is 1.64 bits per heavy atom. The van der Waals surface area contributed by atoms with Crippen LogP contribution < -0.4 is 9.64 Å². The van der Waals surface area contributed by atoms with Gasteiger partial charge in [0, 0.05) is 20.9 Å². The monoisotopic (exact) mass is 657 g/mol. The number of hydrogen-bond donors (Lipinski definition) is 0. The minimum absolute atomic E-state index is 0.120. The van der Waals surface area contributed by atoms with Crippen molar-refractivity contribution in [2.75, 3.05) is 4.90 Å². The SMILES string of the molecule is O=C1S/C(=C\c2cccc(Br)c2)C2(Oc3ccc(Br)cc3C3CC(c4ccccc4)=NN32)N1c1ccccc1. The van der Waals surface area contributed by atoms with Gasteiger partial charge in [0.15, 0.2) is 0 Å². The van der Waals surface area contributed by atoms with Crippen LogP contribution in [0.5, 0.6) is 5.75 Å². The molecule has 0 N–H and O–H groups in total. The Bertz CT molecular complexity index is 1660. The number of ether oxygens (including phenoxy) is 1. The Morgan fingerprint density at radius 3 is 2.41 bits per heavy atom. The highest BCUT2D eigenvalue weighted by Crippen LogP contribution is 2.57. The number of nitrogens with zero attached hydrogens (tertiary/aromatic N) is 3. The predicted molar refractivity (Wildman–Crippen MR) is 164 cm³/mol. The van der Waals surface area contributed by atoms with Crippen molar-refractivity contribution in [2.24, 2.45) is 5.10 Å². The van der Waals surface area contributed by atoms with Crippen LogP contribution in [0.4, 0.5) is 10.5 Å². The van der Waals surface area contributed by atoms with Crippen molar-refractivity contribution < 1.29 is 9.53 Å². The van der Waals surface area contributed by atoms with Gasteiger partial charge in [-0.1, -0.05) is 92.5 Å². The van der Waals surface area contributed by atoms with E-state index < -0.39 is 5.85 Å². The maximum Gasteiger partial charge on any atom is 0.321 e. The highest BCUT2D eigenvalue weighted by molar-refractivity contribution is 9.10. The Balaban J connectivity index is 1.49. The van der Waals surface area contributed by atoms with Crippen LogP contribution in [0.3, 0.4) is 0 Å². The number of amides is 1. The summed E-state index contributed by atoms with van der Waals surface area (Å²) in [6, 6.07) is 33.8. The number of para-hydroxylation sites is 1. The molecule has 8 heteroatoms. The molecule has 0 aliphatic carbocycles. The van der Waals surface area contributed by atoms with Crippen molar-refractivity contribution in [3.63, 3.8) is 0 Å². The fraction of sp³-hybridized carbons (Fsp3) is 0.0968. The highest BCUT2D eigenvalue weighted by Gasteiger charge is 2.63. The molecule has 1 amide bonds. The standard InChI is InChI=1S/C31H21Br2N3O2S/c32-22-11-7-8-20(16-22)17-29-31(35(30(37)39-29)24-12-5-2-6-13-24)36-27(25-18-23(33)14-15-28(25)38-31)19-26(34-36)21-9-3-1-4-10-21/h1-18,27H,19H2/b29-17-. The predicted octanol–water partition coefficient (Wildman–Crippen LogP) is 8.82. The molecule has 5 nitrogen and oxygen atoms in total. The minimum atomic E-state index is -1.30. The summed E-state index contributed by atoms with van der Waals surface area (Å²) < 4.78 is 8.92. The van der Waals surface area contributed by atoms with Crippen LogP contribution in [0.25, 0.3) is 6.08 Å². The molecule has 3 heterocycles. The smallest absolute Gasteiger partial charge is 0.321 e. The molecule has 1 fully saturated rings. The van der Waals surface area contributed by atoms with Crippen LogP contribution in [-0.2, 0) is 0 Å². The van der Waals surface area contributed by atoms with E-state index in [0.717, 1.165) is 47.7 Å². The zero-order valence-corrected chi connectivity index (χ0v) is 24.5. The molecular weight excluding hydrogens is 638 g/mol. The van der Waals surface area contributed by atoms with Gasteiger partial charge in [-0.15, -0.1) is 0 Å². The second-order valence-electron chi connectivity index (χ2n) is 9.47. The molecule has 2 unspecified atom stereocenters. The van der Waals surface area contributed by atoms with E-state index in [-0.39, 0.29) is 11.3 Å². The van der Waals surface area contributed by atoms with Crippen molar-refractivity contribution in [3.8, 4) is 5.75 Å². The third-order valence-electron chi connectivity index (χ3n) is 7.08. The number of hydrazone groups is 1. The molecule has 1 spiro atoms. The van der Waals surface area contributed by atoms with E-state index in [1.165, 1.54) is 11.8 Å². The third kappa shape index (κ3) is 4.13. The lowest BCUT2D eigenvalue weighted by Gasteiger charge is -2.49. The molecule has 0 saturated carbocycles. The summed E-state index contributed by atoms with van der Waals surface area (Å²) in [6.07, 6.45) is 2.72. The summed E-state index contributed by atoms with van der Waals surface area (Å²) in [5, 5.41) is 7.09. The molecule has 4 aromatic carbocycles. The number of rotatable bonds is 3. The van der Waals surface area contributed by atoms with Gasteiger partial charge >= 0.3 is 5.85 Å². The summed E-state index contributed by atoms with van der Waals surface area (Å²) in [5.74, 6) is -0.562. The van der Waals surface area contributed by atoms with E-state index in [1.54, 1.807) is 4.90 Å². The molecule has 3 aliphatic heterocycles. The highest BCUT2D eigenvalue weighted by atomic mass is 79.9. The number of fused-ring (bicyclic) bond motifs is 4. The molecule has 3 aliphatic rings. The molecular formula is C31H21Br2N3O2S. The van der Waals surface area contributed by atoms with Crippen LogP contribution in [-0.4, -0.2) is 21.8 Å². The van der Waals surface area contributed by atoms with Crippen LogP contribution >= 0.6 is 43.6 Å². The van der Waals surface area contributed by atoms with E-state index >= 15 is 0 Å². The van der Waals surface area contributed by atoms with Crippen LogP contribution in [0.15, 0.2) is 122 Å². The van der Waals surface area contributed by atoms with Gasteiger partial charge in [-0.25, -0.2) is 9.91 Å². The van der Waals surface area contributed by atoms with E-state index in [1.807, 2.05) is 96.0 Å². The summed E-state index contributed by atoms with van der Waals surface area (Å²) in [7, 11) is 0. The van der Waals surface area contributed by atoms with Crippen molar-refractivity contribution in [1.29, 1.82) is 0 Å². The maximum absolute atomic E-state index is 13.9. The number of hydrogen-bond acceptors (Lipinski definition) is 5. The summed E-state index contributed by atoms with van der Waals surface area (Å²) in [5.41, 5.74) is 4.75. The molecule has 2 atom stereocenters. The first kappa shape index (κ1) is 24.7. The van der Waals surface area contributed by atoms with Gasteiger partial charge in [-0.05, 0) is 71.4 Å². The number of benzene rings is 4. The van der Waals surface area contributed by atoms with Crippen molar-refractivity contribution in [3.05, 3.63) is 134 Å². The van der Waals surface area contributed by atoms with Crippen molar-refractivity contribution in [1.82, 2.24) is 5.01 Å². The first-order valence-corrected chi connectivity index (χ1v) is 14.9. The summed E-state index contributed by atoms with van der Waals surface area (Å²) in [6.45, 7) is 0. The summed E-state index contributed by atoms with van der Waals surface area (Å²) in [4.78, 5) is 16.4. The average Bonchev–Trinajstić information content (AvgIpc) is 3.51. The van der Waals surface area contributed by atoms with Gasteiger partial charge in [-0.3, -0.25) is 4.79 Å². The molecule has 192 valence electrons. The average molecular weight is 659 g/mol. The van der Waals surface area contributed by atoms with E-state index in [9.17, 15) is 4.79 Å². The first-order chi connectivity index (χ1) is 19.0. The third-order valence-corrected chi connectivity index (χ3v) is 9.02. The van der Waals surface area contributed by atoms with Gasteiger partial charge in [0.25, 0.3) is 5.24 Å². The maximum atomic E-state index is 13.9. The number of carbonyl (C=O) groups is 1. The molecule has 0 bridgehead atoms. The van der Waals surface area contributed by atoms with Crippen LogP contribution in [0.2, 0.25) is 0 Å². The Kier molecular flexibility index (Phi) is 6.14. The quantitative estimate of drug-likeness (QED) is 0.221. The van der Waals surface area contributed by atoms with E-state index in [4.69, 9.17) is 9.84 Å². The molecule has 0 radical (unpaired) electrons. The number of thioether (sulfide) groups is 1. The van der Waals surface area contributed by atoms with E-state index in [0.29, 0.717) is 6.42 Å². The molecule has 39 heavy (non-hydrogen) atoms. The Labute approximate surface area is 247 Å². The normalized spacial score (nSPS) is 22.6. The van der Waals surface area contributed by atoms with Crippen molar-refractivity contribution >= 4 is 66.3 Å². The van der Waals surface area contributed by atoms with Gasteiger partial charge in [-0.2, -0.15) is 5.10 Å². The van der Waals surface area contributed by atoms with Gasteiger partial charge in [0.1, 0.15) is 5.75 Å². The van der Waals surface area contributed by atoms with Gasteiger partial charge < -0.3 is 4.74 Å². The van der Waals surface area contributed by atoms with Gasteiger partial charge in [0.05, 0.1) is 22.3 Å². The van der Waals surface area contributed by atoms with Gasteiger partial charge in [0.2, 0.25) is 0 Å². The number of halogens is 2. The second-order valence-corrected chi connectivity index (χ2v) is 12.3. The van der Waals surface area contributed by atoms with Crippen LogP contribution in [0, 0.1) is 0 Å². The topological polar surface area (TPSA) is 45.1 Å². The van der Waals surface area contributed by atoms with Crippen LogP contribution in [0.1, 0.15) is 29.2 Å². The second kappa shape index (κ2) is 9.70. The lowest BCUT2D eigenvalue weighted by Crippen LogP contribution is -2.63. The first-order valence-electron chi connectivity index (χ1n) is 12.5. The number of carbonyl (C=O) groups excluding carboxylic acids is 1. The lowest BCUT2D eigenvalue weighted by atomic mass is 9.95. The fourth-order valence-corrected chi connectivity index (χ4v) is 7.25. The molecule has 4 aromatic rings. The zero-order chi connectivity index (χ0) is 26.6. The summed E-state index contributed by atoms with van der Waals surface area (Å²) >= 11 is 8.42. The Hall–Kier alpha value is -3.33. The fourth-order valence-electron chi connectivity index (χ4n) is 5.39. The van der Waals surface area contributed by atoms with Crippen molar-refractivity contribution in [2.45, 2.75) is 18.3 Å².